The first-order chi connectivity index (χ1) is 21.3. The van der Waals surface area contributed by atoms with E-state index in [1.54, 1.807) is 30.0 Å². The molecule has 4 N–H and O–H groups in total. The summed E-state index contributed by atoms with van der Waals surface area (Å²) in [5, 5.41) is 26.2. The molecule has 3 aliphatic heterocycles. The average Bonchev–Trinajstić information content (AvgIpc) is 3.92. The van der Waals surface area contributed by atoms with Crippen LogP contribution in [0.15, 0.2) is 53.7 Å². The Kier molecular flexibility index (Phi) is 8.29. The van der Waals surface area contributed by atoms with Crippen LogP contribution in [0.5, 0.6) is 5.75 Å². The number of rotatable bonds is 10. The number of nitrogens with zero attached hydrogens (tertiary/aromatic N) is 1. The summed E-state index contributed by atoms with van der Waals surface area (Å²) >= 11 is 0. The Hall–Kier alpha value is -4.95. The van der Waals surface area contributed by atoms with Crippen LogP contribution in [0, 0.1) is 6.92 Å². The lowest BCUT2D eigenvalue weighted by Gasteiger charge is -2.25. The number of carbonyl (C=O) groups excluding carboxylic acids is 5. The summed E-state index contributed by atoms with van der Waals surface area (Å²) in [4.78, 5) is 66.4. The zero-order chi connectivity index (χ0) is 32.8. The van der Waals surface area contributed by atoms with Gasteiger partial charge in [-0.25, -0.2) is 4.79 Å². The van der Waals surface area contributed by atoms with Crippen molar-refractivity contribution in [2.75, 3.05) is 20.3 Å². The van der Waals surface area contributed by atoms with Gasteiger partial charge in [0.05, 0.1) is 31.0 Å². The van der Waals surface area contributed by atoms with Gasteiger partial charge in [-0.2, -0.15) is 0 Å². The molecular formula is C31H33N3O11. The van der Waals surface area contributed by atoms with Crippen molar-refractivity contribution in [2.24, 2.45) is 0 Å². The van der Waals surface area contributed by atoms with Crippen molar-refractivity contribution in [3.05, 3.63) is 64.8 Å². The fraction of sp³-hybridized carbons (Fsp3) is 0.387. The van der Waals surface area contributed by atoms with E-state index >= 15 is 0 Å². The van der Waals surface area contributed by atoms with Crippen LogP contribution in [0.3, 0.4) is 0 Å². The number of aryl methyl sites for hydroxylation is 1. The molecule has 3 aliphatic rings. The number of aliphatic hydroxyl groups excluding tert-OH is 2. The highest BCUT2D eigenvalue weighted by molar-refractivity contribution is 6.08. The summed E-state index contributed by atoms with van der Waals surface area (Å²) < 4.78 is 21.9. The highest BCUT2D eigenvalue weighted by Crippen LogP contribution is 2.42. The van der Waals surface area contributed by atoms with Crippen molar-refractivity contribution < 1.29 is 53.1 Å². The fourth-order valence-electron chi connectivity index (χ4n) is 5.35. The first-order valence-electron chi connectivity index (χ1n) is 14.1. The van der Waals surface area contributed by atoms with E-state index in [9.17, 15) is 34.2 Å². The number of benzene rings is 2. The standard InChI is InChI=1S/C31H33N3O11/c1-14-7-6-8-18-19(14)9-17(42-5)10-20(18)30(41)45-27(31(4)13-43-31)29(40)33-23(28(39)32-21(12-35)15(2)36)24-26(44-16(3)37)25(38)22-11-34(22)24/h6-10,12,22,25-27,35,38H,11,13H2,1-5H3,(H,32,39)(H,33,40)/t22-,25+,26+,27-,31-,34?/m0/s1. The normalized spacial score (nSPS) is 25.1. The molecule has 238 valence electrons. The van der Waals surface area contributed by atoms with Crippen molar-refractivity contribution in [2.45, 2.75) is 57.6 Å². The molecule has 14 heteroatoms. The zero-order valence-corrected chi connectivity index (χ0v) is 25.2. The number of ketones is 1. The van der Waals surface area contributed by atoms with E-state index in [0.29, 0.717) is 17.4 Å². The zero-order valence-electron chi connectivity index (χ0n) is 25.2. The lowest BCUT2D eigenvalue weighted by atomic mass is 9.99. The second-order valence-corrected chi connectivity index (χ2v) is 11.3. The molecule has 0 bridgehead atoms. The average molecular weight is 624 g/mol. The van der Waals surface area contributed by atoms with E-state index in [1.807, 2.05) is 13.0 Å². The maximum atomic E-state index is 13.9. The first-order valence-corrected chi connectivity index (χ1v) is 14.1. The highest BCUT2D eigenvalue weighted by atomic mass is 16.6. The van der Waals surface area contributed by atoms with Crippen LogP contribution in [-0.2, 0) is 33.4 Å². The SMILES string of the molecule is COc1cc(C(=O)O[C@@H](C(=O)NC(C(=O)NC(=CO)C(C)=O)=C2[C@@H](OC(C)=O)[C@H](O)[C@@H]3CN23)[C@]2(C)CO2)c2cccc(C)c2c1. The van der Waals surface area contributed by atoms with Gasteiger partial charge in [0.2, 0.25) is 6.10 Å². The monoisotopic (exact) mass is 623 g/mol. The van der Waals surface area contributed by atoms with Gasteiger partial charge in [0, 0.05) is 20.4 Å². The number of carbonyl (C=O) groups is 5. The summed E-state index contributed by atoms with van der Waals surface area (Å²) in [6.07, 6.45) is -3.74. The molecule has 5 atom stereocenters. The van der Waals surface area contributed by atoms with Crippen molar-refractivity contribution in [3.8, 4) is 5.75 Å². The van der Waals surface area contributed by atoms with Crippen LogP contribution in [0.4, 0.5) is 0 Å². The van der Waals surface area contributed by atoms with Crippen molar-refractivity contribution in [1.82, 2.24) is 15.5 Å². The molecule has 45 heavy (non-hydrogen) atoms. The molecule has 2 amide bonds. The lowest BCUT2D eigenvalue weighted by Crippen LogP contribution is -2.49. The molecule has 2 aromatic carbocycles. The molecule has 0 saturated carbocycles. The van der Waals surface area contributed by atoms with Gasteiger partial charge in [-0.3, -0.25) is 19.2 Å². The lowest BCUT2D eigenvalue weighted by molar-refractivity contribution is -0.148. The molecule has 0 radical (unpaired) electrons. The number of hydrogen-bond donors (Lipinski definition) is 4. The number of aliphatic hydroxyl groups is 2. The number of piperidine rings is 1. The molecule has 3 fully saturated rings. The number of epoxide rings is 1. The van der Waals surface area contributed by atoms with Gasteiger partial charge in [0.1, 0.15) is 35.1 Å². The smallest absolute Gasteiger partial charge is 0.339 e. The van der Waals surface area contributed by atoms with Gasteiger partial charge in [-0.1, -0.05) is 18.2 Å². The maximum absolute atomic E-state index is 13.9. The third-order valence-electron chi connectivity index (χ3n) is 7.98. The van der Waals surface area contributed by atoms with E-state index < -0.39 is 70.9 Å². The summed E-state index contributed by atoms with van der Waals surface area (Å²) in [7, 11) is 1.46. The number of esters is 2. The van der Waals surface area contributed by atoms with Crippen LogP contribution < -0.4 is 15.4 Å². The fourth-order valence-corrected chi connectivity index (χ4v) is 5.35. The van der Waals surface area contributed by atoms with Crippen LogP contribution in [0.25, 0.3) is 10.8 Å². The molecule has 5 rings (SSSR count). The minimum atomic E-state index is -1.58. The van der Waals surface area contributed by atoms with Gasteiger partial charge < -0.3 is 44.7 Å². The van der Waals surface area contributed by atoms with E-state index in [4.69, 9.17) is 18.9 Å². The number of ether oxygens (including phenoxy) is 4. The van der Waals surface area contributed by atoms with Crippen LogP contribution in [0.2, 0.25) is 0 Å². The predicted octanol–water partition coefficient (Wildman–Crippen LogP) is 0.894. The maximum Gasteiger partial charge on any atom is 0.339 e. The Morgan fingerprint density at radius 1 is 1.13 bits per heavy atom. The molecule has 3 heterocycles. The van der Waals surface area contributed by atoms with E-state index in [2.05, 4.69) is 10.6 Å². The van der Waals surface area contributed by atoms with Crippen molar-refractivity contribution in [3.63, 3.8) is 0 Å². The summed E-state index contributed by atoms with van der Waals surface area (Å²) in [5.74, 6) is -3.95. The van der Waals surface area contributed by atoms with Gasteiger partial charge in [-0.15, -0.1) is 0 Å². The molecule has 14 nitrogen and oxygen atoms in total. The number of amides is 2. The number of hydrogen-bond acceptors (Lipinski definition) is 12. The third kappa shape index (κ3) is 6.06. The number of fused-ring (bicyclic) bond motifs is 2. The van der Waals surface area contributed by atoms with Crippen LogP contribution >= 0.6 is 0 Å². The van der Waals surface area contributed by atoms with E-state index in [1.165, 1.54) is 13.2 Å². The number of allylic oxidation sites excluding steroid dienone is 1. The minimum Gasteiger partial charge on any atom is -0.513 e. The summed E-state index contributed by atoms with van der Waals surface area (Å²) in [6.45, 7) is 5.99. The van der Waals surface area contributed by atoms with Crippen molar-refractivity contribution >= 4 is 40.3 Å². The molecule has 0 spiro atoms. The number of methoxy groups -OCH3 is 1. The molecule has 2 aromatic rings. The topological polar surface area (TPSA) is 193 Å². The second-order valence-electron chi connectivity index (χ2n) is 11.3. The Labute approximate surface area is 257 Å². The Bertz CT molecular complexity index is 1680. The highest BCUT2D eigenvalue weighted by Gasteiger charge is 2.59. The van der Waals surface area contributed by atoms with Gasteiger partial charge in [-0.05, 0) is 42.3 Å². The van der Waals surface area contributed by atoms with E-state index in [-0.39, 0.29) is 24.4 Å². The van der Waals surface area contributed by atoms with Crippen molar-refractivity contribution in [1.29, 1.82) is 0 Å². The molecule has 3 saturated heterocycles. The van der Waals surface area contributed by atoms with Crippen LogP contribution in [-0.4, -0.2) is 94.9 Å². The summed E-state index contributed by atoms with van der Waals surface area (Å²) in [6, 6.07) is 8.16. The van der Waals surface area contributed by atoms with Gasteiger partial charge in [0.15, 0.2) is 11.9 Å². The molecule has 0 unspecified atom stereocenters. The first kappa shape index (κ1) is 31.5. The number of Topliss-reactive ketones (excluding diaryl/α,β-unsaturated/α-hetero) is 1. The Morgan fingerprint density at radius 2 is 1.84 bits per heavy atom. The van der Waals surface area contributed by atoms with Crippen LogP contribution in [0.1, 0.15) is 36.7 Å². The third-order valence-corrected chi connectivity index (χ3v) is 7.98. The summed E-state index contributed by atoms with van der Waals surface area (Å²) in [5.41, 5.74) is -1.25. The largest absolute Gasteiger partial charge is 0.513 e. The Balaban J connectivity index is 1.51. The quantitative estimate of drug-likeness (QED) is 0.127. The molecular weight excluding hydrogens is 590 g/mol. The second kappa shape index (κ2) is 11.9. The Morgan fingerprint density at radius 3 is 2.44 bits per heavy atom. The predicted molar refractivity (Wildman–Crippen MR) is 156 cm³/mol. The molecule has 0 aliphatic carbocycles. The minimum absolute atomic E-state index is 0.0319. The van der Waals surface area contributed by atoms with Gasteiger partial charge in [0.25, 0.3) is 11.8 Å². The van der Waals surface area contributed by atoms with Gasteiger partial charge >= 0.3 is 11.9 Å². The number of nitrogens with one attached hydrogen (secondary N) is 2. The van der Waals surface area contributed by atoms with E-state index in [0.717, 1.165) is 24.8 Å². The molecule has 0 aromatic heterocycles.